The van der Waals surface area contributed by atoms with E-state index in [1.807, 2.05) is 12.1 Å². The Morgan fingerprint density at radius 2 is 2.33 bits per heavy atom. The highest BCUT2D eigenvalue weighted by molar-refractivity contribution is 5.68. The van der Waals surface area contributed by atoms with E-state index in [9.17, 15) is 4.79 Å². The normalized spacial score (nSPS) is 17.7. The first kappa shape index (κ1) is 12.7. The van der Waals surface area contributed by atoms with Crippen LogP contribution in [0.4, 0.5) is 5.69 Å². The third kappa shape index (κ3) is 2.28. The molecule has 4 heteroatoms. The zero-order valence-corrected chi connectivity index (χ0v) is 10.8. The molecule has 1 N–H and O–H groups in total. The van der Waals surface area contributed by atoms with E-state index < -0.39 is 5.97 Å². The van der Waals surface area contributed by atoms with E-state index in [0.29, 0.717) is 6.42 Å². The van der Waals surface area contributed by atoms with Gasteiger partial charge in [0, 0.05) is 36.7 Å². The van der Waals surface area contributed by atoms with Crippen LogP contribution in [-0.4, -0.2) is 31.3 Å². The number of carboxylic acid groups (broad SMARTS) is 1. The van der Waals surface area contributed by atoms with Crippen LogP contribution in [0.5, 0.6) is 5.75 Å². The fourth-order valence-electron chi connectivity index (χ4n) is 2.68. The fraction of sp³-hybridized carbons (Fsp3) is 0.500. The first-order chi connectivity index (χ1) is 8.67. The van der Waals surface area contributed by atoms with Crippen LogP contribution >= 0.6 is 0 Å². The molecule has 1 aliphatic rings. The zero-order chi connectivity index (χ0) is 13.1. The highest BCUT2D eigenvalue weighted by atomic mass is 16.5. The van der Waals surface area contributed by atoms with Crippen molar-refractivity contribution in [1.29, 1.82) is 0 Å². The van der Waals surface area contributed by atoms with Gasteiger partial charge in [0.2, 0.25) is 0 Å². The summed E-state index contributed by atoms with van der Waals surface area (Å²) in [5.74, 6) is 0.396. The van der Waals surface area contributed by atoms with Gasteiger partial charge in [0.1, 0.15) is 5.75 Å². The first-order valence-corrected chi connectivity index (χ1v) is 6.31. The number of benzene rings is 1. The van der Waals surface area contributed by atoms with Gasteiger partial charge >= 0.3 is 5.97 Å². The molecule has 1 atom stereocenters. The number of nitrogens with zero attached hydrogens (tertiary/aromatic N) is 1. The van der Waals surface area contributed by atoms with Crippen molar-refractivity contribution in [3.63, 3.8) is 0 Å². The predicted octanol–water partition coefficient (Wildman–Crippen LogP) is 2.48. The van der Waals surface area contributed by atoms with E-state index in [1.54, 1.807) is 7.11 Å². The molecule has 0 bridgehead atoms. The van der Waals surface area contributed by atoms with Gasteiger partial charge in [-0.05, 0) is 25.5 Å². The van der Waals surface area contributed by atoms with Crippen molar-refractivity contribution in [3.05, 3.63) is 23.8 Å². The molecule has 1 aliphatic heterocycles. The highest BCUT2D eigenvalue weighted by Gasteiger charge is 2.30. The second-order valence-electron chi connectivity index (χ2n) is 4.56. The Bertz CT molecular complexity index is 445. The molecule has 0 fully saturated rings. The smallest absolute Gasteiger partial charge is 0.303 e. The Hall–Kier alpha value is -1.71. The second-order valence-corrected chi connectivity index (χ2v) is 4.56. The van der Waals surface area contributed by atoms with Crippen LogP contribution in [0.25, 0.3) is 0 Å². The van der Waals surface area contributed by atoms with Gasteiger partial charge < -0.3 is 14.7 Å². The predicted molar refractivity (Wildman–Crippen MR) is 70.5 cm³/mol. The van der Waals surface area contributed by atoms with Gasteiger partial charge in [-0.1, -0.05) is 6.07 Å². The monoisotopic (exact) mass is 249 g/mol. The maximum atomic E-state index is 10.7. The molecule has 0 aliphatic carbocycles. The van der Waals surface area contributed by atoms with Crippen LogP contribution < -0.4 is 9.64 Å². The van der Waals surface area contributed by atoms with Crippen LogP contribution in [0.15, 0.2) is 18.2 Å². The van der Waals surface area contributed by atoms with Gasteiger partial charge in [-0.2, -0.15) is 0 Å². The minimum absolute atomic E-state index is 0.208. The summed E-state index contributed by atoms with van der Waals surface area (Å²) in [6, 6.07) is 6.02. The summed E-state index contributed by atoms with van der Waals surface area (Å²) >= 11 is 0. The molecule has 0 spiro atoms. The number of fused-ring (bicyclic) bond motifs is 1. The molecule has 0 saturated heterocycles. The molecule has 1 aromatic rings. The molecule has 0 amide bonds. The largest absolute Gasteiger partial charge is 0.496 e. The lowest BCUT2D eigenvalue weighted by molar-refractivity contribution is -0.137. The van der Waals surface area contributed by atoms with Crippen molar-refractivity contribution in [2.75, 3.05) is 25.1 Å². The van der Waals surface area contributed by atoms with Gasteiger partial charge in [-0.15, -0.1) is 0 Å². The number of hydrogen-bond donors (Lipinski definition) is 1. The summed E-state index contributed by atoms with van der Waals surface area (Å²) < 4.78 is 5.41. The quantitative estimate of drug-likeness (QED) is 0.871. The van der Waals surface area contributed by atoms with Crippen molar-refractivity contribution >= 4 is 11.7 Å². The molecule has 0 radical (unpaired) electrons. The SMILES string of the molecule is CCN1CC(CCC(=O)O)c2c(OC)cccc21. The van der Waals surface area contributed by atoms with E-state index in [4.69, 9.17) is 9.84 Å². The lowest BCUT2D eigenvalue weighted by Crippen LogP contribution is -2.21. The Balaban J connectivity index is 2.29. The number of carbonyl (C=O) groups is 1. The van der Waals surface area contributed by atoms with E-state index in [1.165, 1.54) is 11.3 Å². The zero-order valence-electron chi connectivity index (χ0n) is 10.8. The first-order valence-electron chi connectivity index (χ1n) is 6.31. The van der Waals surface area contributed by atoms with Crippen molar-refractivity contribution in [2.24, 2.45) is 0 Å². The molecule has 0 aromatic heterocycles. The molecule has 0 saturated carbocycles. The summed E-state index contributed by atoms with van der Waals surface area (Å²) in [4.78, 5) is 13.0. The number of aliphatic carboxylic acids is 1. The van der Waals surface area contributed by atoms with Gasteiger partial charge in [0.05, 0.1) is 7.11 Å². The van der Waals surface area contributed by atoms with Gasteiger partial charge in [-0.25, -0.2) is 0 Å². The number of ether oxygens (including phenoxy) is 1. The summed E-state index contributed by atoms with van der Waals surface area (Å²) in [6.07, 6.45) is 0.874. The van der Waals surface area contributed by atoms with E-state index in [0.717, 1.165) is 18.8 Å². The third-order valence-electron chi connectivity index (χ3n) is 3.54. The standard InChI is InChI=1S/C14H19NO3/c1-3-15-9-10(7-8-13(16)17)14-11(15)5-4-6-12(14)18-2/h4-6,10H,3,7-9H2,1-2H3,(H,16,17). The third-order valence-corrected chi connectivity index (χ3v) is 3.54. The molecule has 4 nitrogen and oxygen atoms in total. The second kappa shape index (κ2) is 5.29. The summed E-state index contributed by atoms with van der Waals surface area (Å²) in [7, 11) is 1.67. The number of methoxy groups -OCH3 is 1. The molecule has 1 unspecified atom stereocenters. The molecule has 1 aromatic carbocycles. The van der Waals surface area contributed by atoms with E-state index in [2.05, 4.69) is 17.9 Å². The number of anilines is 1. The van der Waals surface area contributed by atoms with Crippen LogP contribution in [0.3, 0.4) is 0 Å². The number of likely N-dealkylation sites (N-methyl/N-ethyl adjacent to an activating group) is 1. The minimum Gasteiger partial charge on any atom is -0.496 e. The Morgan fingerprint density at radius 1 is 1.56 bits per heavy atom. The number of hydrogen-bond acceptors (Lipinski definition) is 3. The van der Waals surface area contributed by atoms with Gasteiger partial charge in [0.15, 0.2) is 0 Å². The van der Waals surface area contributed by atoms with Crippen LogP contribution in [0.1, 0.15) is 31.2 Å². The van der Waals surface area contributed by atoms with Gasteiger partial charge in [-0.3, -0.25) is 4.79 Å². The Kier molecular flexibility index (Phi) is 3.75. The maximum absolute atomic E-state index is 10.7. The topological polar surface area (TPSA) is 49.8 Å². The molecular formula is C14H19NO3. The molecule has 98 valence electrons. The van der Waals surface area contributed by atoms with Crippen molar-refractivity contribution in [2.45, 2.75) is 25.7 Å². The highest BCUT2D eigenvalue weighted by Crippen LogP contribution is 2.43. The van der Waals surface area contributed by atoms with E-state index in [-0.39, 0.29) is 12.3 Å². The molecule has 1 heterocycles. The number of rotatable bonds is 5. The van der Waals surface area contributed by atoms with Crippen LogP contribution in [-0.2, 0) is 4.79 Å². The Labute approximate surface area is 107 Å². The van der Waals surface area contributed by atoms with Gasteiger partial charge in [0.25, 0.3) is 0 Å². The summed E-state index contributed by atoms with van der Waals surface area (Å²) in [6.45, 7) is 3.94. The van der Waals surface area contributed by atoms with Crippen molar-refractivity contribution in [1.82, 2.24) is 0 Å². The lowest BCUT2D eigenvalue weighted by atomic mass is 9.95. The lowest BCUT2D eigenvalue weighted by Gasteiger charge is -2.16. The Morgan fingerprint density at radius 3 is 2.94 bits per heavy atom. The molecule has 18 heavy (non-hydrogen) atoms. The fourth-order valence-corrected chi connectivity index (χ4v) is 2.68. The van der Waals surface area contributed by atoms with Crippen molar-refractivity contribution < 1.29 is 14.6 Å². The minimum atomic E-state index is -0.735. The molecular weight excluding hydrogens is 230 g/mol. The average Bonchev–Trinajstić information content (AvgIpc) is 2.74. The summed E-state index contributed by atoms with van der Waals surface area (Å²) in [5.41, 5.74) is 2.36. The molecule has 2 rings (SSSR count). The number of carboxylic acids is 1. The summed E-state index contributed by atoms with van der Waals surface area (Å²) in [5, 5.41) is 8.83. The van der Waals surface area contributed by atoms with E-state index >= 15 is 0 Å². The van der Waals surface area contributed by atoms with Crippen LogP contribution in [0, 0.1) is 0 Å². The average molecular weight is 249 g/mol. The van der Waals surface area contributed by atoms with Crippen LogP contribution in [0.2, 0.25) is 0 Å². The maximum Gasteiger partial charge on any atom is 0.303 e. The van der Waals surface area contributed by atoms with Crippen molar-refractivity contribution in [3.8, 4) is 5.75 Å².